The largest absolute Gasteiger partial charge is 0.365 e. The van der Waals surface area contributed by atoms with Crippen molar-refractivity contribution in [3.8, 4) is 0 Å². The molecule has 0 saturated carbocycles. The molecule has 0 bridgehead atoms. The Labute approximate surface area is 169 Å². The molecule has 3 aromatic rings. The van der Waals surface area contributed by atoms with Gasteiger partial charge in [-0.2, -0.15) is 0 Å². The van der Waals surface area contributed by atoms with Crippen molar-refractivity contribution in [3.05, 3.63) is 32.2 Å². The Kier molecular flexibility index (Phi) is 5.92. The molecule has 0 radical (unpaired) electrons. The predicted molar refractivity (Wildman–Crippen MR) is 114 cm³/mol. The first-order chi connectivity index (χ1) is 13.9. The number of benzene rings is 1. The number of aromatic nitrogens is 2. The number of nitrogens with two attached hydrogens (primary N) is 2. The standard InChI is InChI=1S/C16H18F2N6O2S.C2H6/c1-2-24-12-7(14(25)8-15(26)22-27-16(8)24)11(21-20)9(17)13(10(12)18)23-4-3-6(19)5-23;1-2/h6,21H,2-5,19-20H2,1H3,(H,22,26);1-2H3. The third kappa shape index (κ3) is 3.09. The second-order valence-corrected chi connectivity index (χ2v) is 7.30. The SMILES string of the molecule is CC.CCn1c2s[nH]c(=O)c2c(=O)c2c(NN)c(F)c(N3CCC(N)C3)c(F)c21. The van der Waals surface area contributed by atoms with E-state index in [0.29, 0.717) is 24.3 Å². The third-order valence-corrected chi connectivity index (χ3v) is 5.89. The van der Waals surface area contributed by atoms with Gasteiger partial charge in [-0.15, -0.1) is 0 Å². The molecule has 1 unspecified atom stereocenters. The molecular weight excluding hydrogens is 402 g/mol. The van der Waals surface area contributed by atoms with Crippen LogP contribution in [0.3, 0.4) is 0 Å². The van der Waals surface area contributed by atoms with Gasteiger partial charge in [0.25, 0.3) is 5.56 Å². The van der Waals surface area contributed by atoms with Crippen LogP contribution in [0.1, 0.15) is 27.2 Å². The maximum absolute atomic E-state index is 15.6. The molecule has 4 rings (SSSR count). The fourth-order valence-corrected chi connectivity index (χ4v) is 4.66. The highest BCUT2D eigenvalue weighted by molar-refractivity contribution is 7.12. The number of fused-ring (bicyclic) bond motifs is 2. The molecule has 1 saturated heterocycles. The molecule has 3 heterocycles. The van der Waals surface area contributed by atoms with E-state index in [4.69, 9.17) is 11.6 Å². The number of nitrogens with zero attached hydrogens (tertiary/aromatic N) is 2. The van der Waals surface area contributed by atoms with Gasteiger partial charge in [0.05, 0.1) is 10.9 Å². The number of pyridine rings is 1. The first kappa shape index (κ1) is 21.2. The average Bonchev–Trinajstić information content (AvgIpc) is 3.31. The molecule has 0 amide bonds. The molecule has 1 aromatic carbocycles. The summed E-state index contributed by atoms with van der Waals surface area (Å²) in [6, 6.07) is -0.195. The topological polar surface area (TPSA) is 122 Å². The highest BCUT2D eigenvalue weighted by Gasteiger charge is 2.31. The van der Waals surface area contributed by atoms with Crippen molar-refractivity contribution in [3.63, 3.8) is 0 Å². The monoisotopic (exact) mass is 426 g/mol. The van der Waals surface area contributed by atoms with E-state index in [-0.39, 0.29) is 40.3 Å². The first-order valence-corrected chi connectivity index (χ1v) is 10.3. The summed E-state index contributed by atoms with van der Waals surface area (Å²) < 4.78 is 34.7. The van der Waals surface area contributed by atoms with Gasteiger partial charge in [-0.1, -0.05) is 13.8 Å². The summed E-state index contributed by atoms with van der Waals surface area (Å²) in [5.41, 5.74) is 6.02. The molecule has 6 N–H and O–H groups in total. The van der Waals surface area contributed by atoms with Crippen LogP contribution >= 0.6 is 11.5 Å². The van der Waals surface area contributed by atoms with Crippen LogP contribution in [0, 0.1) is 11.6 Å². The number of anilines is 2. The molecule has 29 heavy (non-hydrogen) atoms. The minimum Gasteiger partial charge on any atom is -0.365 e. The van der Waals surface area contributed by atoms with E-state index in [9.17, 15) is 9.59 Å². The lowest BCUT2D eigenvalue weighted by atomic mass is 10.1. The number of hydrogen-bond donors (Lipinski definition) is 4. The lowest BCUT2D eigenvalue weighted by molar-refractivity contribution is 0.581. The van der Waals surface area contributed by atoms with Crippen LogP contribution in [-0.4, -0.2) is 28.1 Å². The summed E-state index contributed by atoms with van der Waals surface area (Å²) in [4.78, 5) is 26.8. The van der Waals surface area contributed by atoms with Gasteiger partial charge in [-0.3, -0.25) is 19.8 Å². The second kappa shape index (κ2) is 8.09. The number of aromatic amines is 1. The molecule has 8 nitrogen and oxygen atoms in total. The highest BCUT2D eigenvalue weighted by Crippen LogP contribution is 2.38. The maximum atomic E-state index is 15.6. The number of halogens is 2. The van der Waals surface area contributed by atoms with Gasteiger partial charge >= 0.3 is 0 Å². The fraction of sp³-hybridized carbons (Fsp3) is 0.444. The number of H-pyrrole nitrogens is 1. The van der Waals surface area contributed by atoms with Crippen LogP contribution in [0.4, 0.5) is 20.2 Å². The molecule has 1 atom stereocenters. The summed E-state index contributed by atoms with van der Waals surface area (Å²) in [7, 11) is 0. The highest BCUT2D eigenvalue weighted by atomic mass is 32.1. The lowest BCUT2D eigenvalue weighted by Crippen LogP contribution is -2.29. The van der Waals surface area contributed by atoms with Crippen molar-refractivity contribution in [1.82, 2.24) is 8.94 Å². The van der Waals surface area contributed by atoms with Gasteiger partial charge in [-0.25, -0.2) is 8.78 Å². The minimum absolute atomic E-state index is 0.0879. The Balaban J connectivity index is 0.00000117. The molecule has 1 aliphatic heterocycles. The van der Waals surface area contributed by atoms with Crippen molar-refractivity contribution in [2.45, 2.75) is 39.8 Å². The number of nitrogens with one attached hydrogen (secondary N) is 2. The van der Waals surface area contributed by atoms with Crippen LogP contribution in [-0.2, 0) is 6.54 Å². The zero-order chi connectivity index (χ0) is 21.5. The molecular formula is C18H24F2N6O2S. The van der Waals surface area contributed by atoms with Gasteiger partial charge < -0.3 is 20.6 Å². The van der Waals surface area contributed by atoms with Gasteiger partial charge in [0, 0.05) is 25.7 Å². The Morgan fingerprint density at radius 2 is 1.93 bits per heavy atom. The Bertz CT molecular complexity index is 1190. The van der Waals surface area contributed by atoms with Crippen LogP contribution in [0.15, 0.2) is 9.59 Å². The summed E-state index contributed by atoms with van der Waals surface area (Å²) in [5.74, 6) is 3.66. The number of nitrogen functional groups attached to an aromatic ring is 1. The fourth-order valence-electron chi connectivity index (χ4n) is 3.76. The van der Waals surface area contributed by atoms with Crippen molar-refractivity contribution in [2.24, 2.45) is 11.6 Å². The lowest BCUT2D eigenvalue weighted by Gasteiger charge is -2.23. The van der Waals surface area contributed by atoms with E-state index in [1.54, 1.807) is 6.92 Å². The molecule has 1 fully saturated rings. The molecule has 158 valence electrons. The third-order valence-electron chi connectivity index (χ3n) is 4.98. The zero-order valence-corrected chi connectivity index (χ0v) is 17.3. The van der Waals surface area contributed by atoms with Crippen LogP contribution in [0.5, 0.6) is 0 Å². The normalized spacial score (nSPS) is 16.4. The van der Waals surface area contributed by atoms with Crippen LogP contribution in [0.25, 0.3) is 21.1 Å². The molecule has 0 aliphatic carbocycles. The van der Waals surface area contributed by atoms with E-state index < -0.39 is 22.6 Å². The van der Waals surface area contributed by atoms with Crippen molar-refractivity contribution >= 4 is 44.0 Å². The Hall–Kier alpha value is -2.50. The van der Waals surface area contributed by atoms with Gasteiger partial charge in [-0.05, 0) is 24.9 Å². The number of hydrazine groups is 1. The second-order valence-electron chi connectivity index (χ2n) is 6.50. The van der Waals surface area contributed by atoms with Gasteiger partial charge in [0.2, 0.25) is 5.43 Å². The van der Waals surface area contributed by atoms with Crippen LogP contribution in [0.2, 0.25) is 0 Å². The van der Waals surface area contributed by atoms with Crippen molar-refractivity contribution < 1.29 is 8.78 Å². The molecule has 0 spiro atoms. The van der Waals surface area contributed by atoms with Gasteiger partial charge in [0.15, 0.2) is 11.6 Å². The summed E-state index contributed by atoms with van der Waals surface area (Å²) >= 11 is 0.939. The number of hydrogen-bond acceptors (Lipinski definition) is 7. The Morgan fingerprint density at radius 1 is 1.24 bits per heavy atom. The van der Waals surface area contributed by atoms with E-state index in [2.05, 4.69) is 9.80 Å². The van der Waals surface area contributed by atoms with Crippen molar-refractivity contribution in [2.75, 3.05) is 23.4 Å². The molecule has 2 aromatic heterocycles. The van der Waals surface area contributed by atoms with E-state index in [1.807, 2.05) is 13.8 Å². The van der Waals surface area contributed by atoms with E-state index >= 15 is 8.78 Å². The summed E-state index contributed by atoms with van der Waals surface area (Å²) in [5, 5.41) is -0.418. The predicted octanol–water partition coefficient (Wildman–Crippen LogP) is 2.05. The quantitative estimate of drug-likeness (QED) is 0.376. The molecule has 11 heteroatoms. The van der Waals surface area contributed by atoms with E-state index in [0.717, 1.165) is 11.5 Å². The summed E-state index contributed by atoms with van der Waals surface area (Å²) in [6.07, 6.45) is 0.599. The minimum atomic E-state index is -0.970. The zero-order valence-electron chi connectivity index (χ0n) is 16.4. The first-order valence-electron chi connectivity index (χ1n) is 9.46. The Morgan fingerprint density at radius 3 is 2.48 bits per heavy atom. The van der Waals surface area contributed by atoms with Crippen LogP contribution < -0.4 is 32.9 Å². The number of rotatable bonds is 3. The average molecular weight is 426 g/mol. The number of aryl methyl sites for hydroxylation is 1. The summed E-state index contributed by atoms with van der Waals surface area (Å²) in [6.45, 7) is 6.70. The van der Waals surface area contributed by atoms with Crippen molar-refractivity contribution in [1.29, 1.82) is 0 Å². The van der Waals surface area contributed by atoms with E-state index in [1.165, 1.54) is 9.47 Å². The maximum Gasteiger partial charge on any atom is 0.271 e. The van der Waals surface area contributed by atoms with Gasteiger partial charge in [0.1, 0.15) is 21.6 Å². The smallest absolute Gasteiger partial charge is 0.271 e. The molecule has 1 aliphatic rings.